The summed E-state index contributed by atoms with van der Waals surface area (Å²) in [7, 11) is 6.14. The summed E-state index contributed by atoms with van der Waals surface area (Å²) in [6.45, 7) is 4.56. The highest BCUT2D eigenvalue weighted by atomic mass is 15.3. The van der Waals surface area contributed by atoms with Crippen molar-refractivity contribution in [2.75, 3.05) is 33.7 Å². The Morgan fingerprint density at radius 1 is 1.26 bits per heavy atom. The molecular formula is C21H32N6. The lowest BCUT2D eigenvalue weighted by Gasteiger charge is -2.25. The summed E-state index contributed by atoms with van der Waals surface area (Å²) in [5.74, 6) is 0.885. The Labute approximate surface area is 162 Å². The second-order valence-corrected chi connectivity index (χ2v) is 7.65. The minimum atomic E-state index is 0.230. The van der Waals surface area contributed by atoms with Gasteiger partial charge in [0.1, 0.15) is 0 Å². The molecule has 1 aromatic carbocycles. The van der Waals surface area contributed by atoms with Crippen LogP contribution in [-0.2, 0) is 12.5 Å². The van der Waals surface area contributed by atoms with E-state index in [9.17, 15) is 0 Å². The topological polar surface area (TPSA) is 57.5 Å². The molecule has 1 unspecified atom stereocenters. The number of guanidine groups is 1. The summed E-state index contributed by atoms with van der Waals surface area (Å²) in [5.41, 5.74) is 2.84. The lowest BCUT2D eigenvalue weighted by atomic mass is 9.96. The maximum absolute atomic E-state index is 4.91. The zero-order valence-corrected chi connectivity index (χ0v) is 16.9. The molecule has 1 fully saturated rings. The van der Waals surface area contributed by atoms with Gasteiger partial charge in [0.2, 0.25) is 0 Å². The van der Waals surface area contributed by atoms with E-state index in [1.54, 1.807) is 0 Å². The van der Waals surface area contributed by atoms with Gasteiger partial charge < -0.3 is 15.5 Å². The van der Waals surface area contributed by atoms with E-state index in [4.69, 9.17) is 4.99 Å². The number of hydrogen-bond acceptors (Lipinski definition) is 3. The predicted octanol–water partition coefficient (Wildman–Crippen LogP) is 2.31. The van der Waals surface area contributed by atoms with Gasteiger partial charge in [-0.1, -0.05) is 30.3 Å². The normalized spacial score (nSPS) is 17.0. The van der Waals surface area contributed by atoms with E-state index in [-0.39, 0.29) is 11.5 Å². The maximum Gasteiger partial charge on any atom is 0.191 e. The molecule has 27 heavy (non-hydrogen) atoms. The lowest BCUT2D eigenvalue weighted by Crippen LogP contribution is -2.42. The lowest BCUT2D eigenvalue weighted by molar-refractivity contribution is 0.298. The van der Waals surface area contributed by atoms with E-state index < -0.39 is 0 Å². The van der Waals surface area contributed by atoms with Crippen LogP contribution in [0.2, 0.25) is 0 Å². The Balaban J connectivity index is 1.65. The SMILES string of the molecule is CCNC(=NCC1(c2ccccc2)CC1)NCC(c1cnn(C)c1)N(C)C. The van der Waals surface area contributed by atoms with Crippen LogP contribution < -0.4 is 10.6 Å². The molecule has 2 aromatic rings. The van der Waals surface area contributed by atoms with Gasteiger partial charge in [0.25, 0.3) is 0 Å². The molecule has 0 bridgehead atoms. The van der Waals surface area contributed by atoms with Crippen LogP contribution in [0.1, 0.15) is 36.9 Å². The van der Waals surface area contributed by atoms with Crippen molar-refractivity contribution in [1.29, 1.82) is 0 Å². The summed E-state index contributed by atoms with van der Waals surface area (Å²) in [6, 6.07) is 11.0. The Hall–Kier alpha value is -2.34. The molecule has 1 heterocycles. The quantitative estimate of drug-likeness (QED) is 0.555. The largest absolute Gasteiger partial charge is 0.357 e. The summed E-state index contributed by atoms with van der Waals surface area (Å²) in [6.07, 6.45) is 6.45. The van der Waals surface area contributed by atoms with Crippen molar-refractivity contribution in [2.45, 2.75) is 31.2 Å². The number of aryl methyl sites for hydroxylation is 1. The van der Waals surface area contributed by atoms with Crippen LogP contribution in [0.15, 0.2) is 47.7 Å². The molecule has 0 spiro atoms. The fraction of sp³-hybridized carbons (Fsp3) is 0.524. The molecule has 1 aliphatic rings. The van der Waals surface area contributed by atoms with Crippen LogP contribution in [0.3, 0.4) is 0 Å². The maximum atomic E-state index is 4.91. The fourth-order valence-corrected chi connectivity index (χ4v) is 3.46. The summed E-state index contributed by atoms with van der Waals surface area (Å²) >= 11 is 0. The molecule has 1 aliphatic carbocycles. The molecule has 0 aliphatic heterocycles. The van der Waals surface area contributed by atoms with E-state index in [0.29, 0.717) is 0 Å². The highest BCUT2D eigenvalue weighted by Crippen LogP contribution is 2.48. The highest BCUT2D eigenvalue weighted by Gasteiger charge is 2.44. The zero-order valence-electron chi connectivity index (χ0n) is 16.9. The Morgan fingerprint density at radius 2 is 2.00 bits per heavy atom. The number of aliphatic imine (C=N–C) groups is 1. The Bertz CT molecular complexity index is 745. The van der Waals surface area contributed by atoms with Crippen molar-refractivity contribution in [1.82, 2.24) is 25.3 Å². The number of hydrogen-bond donors (Lipinski definition) is 2. The molecule has 3 rings (SSSR count). The Kier molecular flexibility index (Phi) is 6.16. The van der Waals surface area contributed by atoms with Crippen LogP contribution >= 0.6 is 0 Å². The zero-order chi connectivity index (χ0) is 19.3. The van der Waals surface area contributed by atoms with Crippen molar-refractivity contribution >= 4 is 5.96 Å². The van der Waals surface area contributed by atoms with E-state index in [1.165, 1.54) is 24.0 Å². The molecule has 146 valence electrons. The van der Waals surface area contributed by atoms with Gasteiger partial charge >= 0.3 is 0 Å². The summed E-state index contributed by atoms with van der Waals surface area (Å²) in [4.78, 5) is 7.12. The molecule has 0 saturated heterocycles. The Morgan fingerprint density at radius 3 is 2.56 bits per heavy atom. The van der Waals surface area contributed by atoms with Crippen LogP contribution in [0.25, 0.3) is 0 Å². The second-order valence-electron chi connectivity index (χ2n) is 7.65. The molecule has 2 N–H and O–H groups in total. The van der Waals surface area contributed by atoms with Gasteiger partial charge in [-0.25, -0.2) is 0 Å². The van der Waals surface area contributed by atoms with Crippen molar-refractivity contribution in [3.63, 3.8) is 0 Å². The van der Waals surface area contributed by atoms with Crippen LogP contribution in [-0.4, -0.2) is 54.4 Å². The first kappa shape index (κ1) is 19.4. The molecule has 1 aromatic heterocycles. The third-order valence-corrected chi connectivity index (χ3v) is 5.32. The van der Waals surface area contributed by atoms with E-state index >= 15 is 0 Å². The van der Waals surface area contributed by atoms with Gasteiger partial charge in [-0.3, -0.25) is 9.67 Å². The number of likely N-dealkylation sites (N-methyl/N-ethyl adjacent to an activating group) is 1. The predicted molar refractivity (Wildman–Crippen MR) is 111 cm³/mol. The third-order valence-electron chi connectivity index (χ3n) is 5.32. The average molecular weight is 369 g/mol. The number of nitrogens with zero attached hydrogens (tertiary/aromatic N) is 4. The third kappa shape index (κ3) is 4.89. The molecule has 6 heteroatoms. The molecule has 1 atom stereocenters. The number of benzene rings is 1. The van der Waals surface area contributed by atoms with E-state index in [0.717, 1.165) is 25.6 Å². The van der Waals surface area contributed by atoms with Gasteiger partial charge in [-0.15, -0.1) is 0 Å². The van der Waals surface area contributed by atoms with Gasteiger partial charge in [-0.2, -0.15) is 5.10 Å². The summed E-state index contributed by atoms with van der Waals surface area (Å²) < 4.78 is 1.85. The minimum Gasteiger partial charge on any atom is -0.357 e. The first-order valence-corrected chi connectivity index (χ1v) is 9.77. The fourth-order valence-electron chi connectivity index (χ4n) is 3.46. The molecule has 1 saturated carbocycles. The van der Waals surface area contributed by atoms with Crippen molar-refractivity contribution < 1.29 is 0 Å². The number of rotatable bonds is 8. The van der Waals surface area contributed by atoms with Gasteiger partial charge in [0, 0.05) is 37.3 Å². The minimum absolute atomic E-state index is 0.230. The van der Waals surface area contributed by atoms with Crippen LogP contribution in [0, 0.1) is 0 Å². The monoisotopic (exact) mass is 368 g/mol. The smallest absolute Gasteiger partial charge is 0.191 e. The average Bonchev–Trinajstić information content (AvgIpc) is 3.34. The highest BCUT2D eigenvalue weighted by molar-refractivity contribution is 5.79. The van der Waals surface area contributed by atoms with Crippen molar-refractivity contribution in [2.24, 2.45) is 12.0 Å². The second kappa shape index (κ2) is 8.57. The van der Waals surface area contributed by atoms with Crippen molar-refractivity contribution in [3.05, 3.63) is 53.9 Å². The van der Waals surface area contributed by atoms with Crippen molar-refractivity contribution in [3.8, 4) is 0 Å². The summed E-state index contributed by atoms with van der Waals surface area (Å²) in [5, 5.41) is 11.2. The van der Waals surface area contributed by atoms with E-state index in [2.05, 4.69) is 78.2 Å². The van der Waals surface area contributed by atoms with Gasteiger partial charge in [0.15, 0.2) is 5.96 Å². The molecule has 6 nitrogen and oxygen atoms in total. The molecular weight excluding hydrogens is 336 g/mol. The molecule has 0 amide bonds. The number of aromatic nitrogens is 2. The van der Waals surface area contributed by atoms with Crippen LogP contribution in [0.4, 0.5) is 0 Å². The molecule has 0 radical (unpaired) electrons. The van der Waals surface area contributed by atoms with Gasteiger partial charge in [0.05, 0.1) is 18.8 Å². The standard InChI is InChI=1S/C21H32N6/c1-5-22-20(23-14-19(26(2)3)17-13-25-27(4)15-17)24-16-21(11-12-21)18-9-7-6-8-10-18/h6-10,13,15,19H,5,11-12,14,16H2,1-4H3,(H2,22,23,24). The van der Waals surface area contributed by atoms with E-state index in [1.807, 2.05) is 17.9 Å². The number of nitrogens with one attached hydrogen (secondary N) is 2. The first-order valence-electron chi connectivity index (χ1n) is 9.77. The van der Waals surface area contributed by atoms with Crippen LogP contribution in [0.5, 0.6) is 0 Å². The first-order chi connectivity index (χ1) is 13.0. The van der Waals surface area contributed by atoms with Gasteiger partial charge in [-0.05, 0) is 39.4 Å².